The molecule has 1 aromatic heterocycles. The van der Waals surface area contributed by atoms with Gasteiger partial charge in [0, 0.05) is 30.0 Å². The second kappa shape index (κ2) is 6.06. The highest BCUT2D eigenvalue weighted by molar-refractivity contribution is 7.15. The molecular formula is C18H21N3OS. The molecule has 0 radical (unpaired) electrons. The fourth-order valence-corrected chi connectivity index (χ4v) is 4.50. The second-order valence-corrected chi connectivity index (χ2v) is 7.61. The molecule has 23 heavy (non-hydrogen) atoms. The van der Waals surface area contributed by atoms with E-state index in [1.165, 1.54) is 28.8 Å². The van der Waals surface area contributed by atoms with Gasteiger partial charge in [-0.2, -0.15) is 0 Å². The first-order valence-electron chi connectivity index (χ1n) is 8.29. The molecule has 0 fully saturated rings. The van der Waals surface area contributed by atoms with Crippen molar-refractivity contribution in [2.75, 3.05) is 18.9 Å². The number of aromatic nitrogens is 1. The van der Waals surface area contributed by atoms with Gasteiger partial charge in [-0.1, -0.05) is 6.07 Å². The minimum atomic E-state index is -0.0437. The number of benzene rings is 1. The first-order valence-corrected chi connectivity index (χ1v) is 9.11. The fraction of sp³-hybridized carbons (Fsp3) is 0.444. The van der Waals surface area contributed by atoms with Gasteiger partial charge in [0.25, 0.3) is 5.91 Å². The molecule has 1 aliphatic carbocycles. The van der Waals surface area contributed by atoms with Crippen LogP contribution in [0.3, 0.4) is 0 Å². The molecule has 0 saturated heterocycles. The Bertz CT molecular complexity index is 753. The Morgan fingerprint density at radius 1 is 1.22 bits per heavy atom. The Balaban J connectivity index is 1.52. The average molecular weight is 327 g/mol. The molecule has 2 heterocycles. The predicted octanol–water partition coefficient (Wildman–Crippen LogP) is 3.26. The maximum Gasteiger partial charge on any atom is 0.257 e. The van der Waals surface area contributed by atoms with Gasteiger partial charge in [-0.05, 0) is 56.0 Å². The molecule has 0 bridgehead atoms. The number of carbonyl (C=O) groups excluding carboxylic acids is 1. The van der Waals surface area contributed by atoms with Crippen LogP contribution in [0.1, 0.15) is 44.9 Å². The van der Waals surface area contributed by atoms with Crippen molar-refractivity contribution in [3.8, 4) is 0 Å². The zero-order valence-corrected chi connectivity index (χ0v) is 14.2. The number of thiazole rings is 1. The number of aryl methyl sites for hydroxylation is 2. The van der Waals surface area contributed by atoms with Crippen LogP contribution in [0.15, 0.2) is 18.2 Å². The van der Waals surface area contributed by atoms with E-state index in [4.69, 9.17) is 0 Å². The van der Waals surface area contributed by atoms with Crippen molar-refractivity contribution in [2.24, 2.45) is 0 Å². The van der Waals surface area contributed by atoms with Crippen molar-refractivity contribution in [2.45, 2.75) is 38.6 Å². The third-order valence-corrected chi connectivity index (χ3v) is 5.75. The molecule has 2 aliphatic rings. The summed E-state index contributed by atoms with van der Waals surface area (Å²) in [7, 11) is 2.12. The van der Waals surface area contributed by atoms with Crippen LogP contribution < -0.4 is 5.32 Å². The normalized spacial score (nSPS) is 17.4. The highest BCUT2D eigenvalue weighted by atomic mass is 32.1. The monoisotopic (exact) mass is 327 g/mol. The van der Waals surface area contributed by atoms with Crippen LogP contribution in [0.4, 0.5) is 5.13 Å². The van der Waals surface area contributed by atoms with E-state index in [1.807, 2.05) is 6.07 Å². The van der Waals surface area contributed by atoms with E-state index in [9.17, 15) is 4.79 Å². The maximum atomic E-state index is 12.5. The van der Waals surface area contributed by atoms with E-state index in [2.05, 4.69) is 34.4 Å². The molecule has 2 aromatic rings. The lowest BCUT2D eigenvalue weighted by molar-refractivity contribution is 0.102. The van der Waals surface area contributed by atoms with Crippen molar-refractivity contribution < 1.29 is 4.79 Å². The van der Waals surface area contributed by atoms with Gasteiger partial charge in [0.05, 0.1) is 5.69 Å². The molecule has 1 aliphatic heterocycles. The maximum absolute atomic E-state index is 12.5. The number of amides is 1. The molecule has 0 spiro atoms. The number of fused-ring (bicyclic) bond motifs is 2. The van der Waals surface area contributed by atoms with Crippen LogP contribution in [-0.4, -0.2) is 29.4 Å². The lowest BCUT2D eigenvalue weighted by Gasteiger charge is -2.20. The third kappa shape index (κ3) is 3.03. The van der Waals surface area contributed by atoms with E-state index in [1.54, 1.807) is 11.3 Å². The van der Waals surface area contributed by atoms with E-state index < -0.39 is 0 Å². The molecule has 1 N–H and O–H groups in total. The number of likely N-dealkylation sites (N-methyl/N-ethyl adjacent to an activating group) is 1. The zero-order chi connectivity index (χ0) is 15.8. The Hall–Kier alpha value is -1.72. The van der Waals surface area contributed by atoms with Gasteiger partial charge in [0.2, 0.25) is 0 Å². The first-order chi connectivity index (χ1) is 11.2. The molecule has 0 unspecified atom stereocenters. The Morgan fingerprint density at radius 2 is 2.04 bits per heavy atom. The van der Waals surface area contributed by atoms with Crippen LogP contribution in [0.25, 0.3) is 0 Å². The molecule has 1 aromatic carbocycles. The number of hydrogen-bond donors (Lipinski definition) is 1. The summed E-state index contributed by atoms with van der Waals surface area (Å²) in [6.07, 6.45) is 5.69. The number of anilines is 1. The average Bonchev–Trinajstić information content (AvgIpc) is 2.95. The summed E-state index contributed by atoms with van der Waals surface area (Å²) in [6, 6.07) is 6.12. The van der Waals surface area contributed by atoms with Gasteiger partial charge in [-0.15, -0.1) is 11.3 Å². The second-order valence-electron chi connectivity index (χ2n) is 6.52. The number of nitrogens with zero attached hydrogens (tertiary/aromatic N) is 2. The first kappa shape index (κ1) is 14.8. The highest BCUT2D eigenvalue weighted by Crippen LogP contribution is 2.28. The van der Waals surface area contributed by atoms with Gasteiger partial charge in [-0.3, -0.25) is 10.1 Å². The fourth-order valence-electron chi connectivity index (χ4n) is 3.42. The van der Waals surface area contributed by atoms with Crippen LogP contribution in [0.2, 0.25) is 0 Å². The lowest BCUT2D eigenvalue weighted by atomic mass is 9.90. The van der Waals surface area contributed by atoms with E-state index in [-0.39, 0.29) is 5.91 Å². The molecule has 120 valence electrons. The smallest absolute Gasteiger partial charge is 0.257 e. The quantitative estimate of drug-likeness (QED) is 0.921. The topological polar surface area (TPSA) is 45.2 Å². The van der Waals surface area contributed by atoms with Gasteiger partial charge in [0.15, 0.2) is 5.13 Å². The number of carbonyl (C=O) groups is 1. The molecule has 0 atom stereocenters. The van der Waals surface area contributed by atoms with Crippen LogP contribution in [0, 0.1) is 0 Å². The van der Waals surface area contributed by atoms with Crippen molar-refractivity contribution >= 4 is 22.4 Å². The minimum absolute atomic E-state index is 0.0437. The summed E-state index contributed by atoms with van der Waals surface area (Å²) in [5, 5.41) is 3.72. The number of hydrogen-bond acceptors (Lipinski definition) is 4. The Kier molecular flexibility index (Phi) is 3.91. The minimum Gasteiger partial charge on any atom is -0.301 e. The summed E-state index contributed by atoms with van der Waals surface area (Å²) in [5.74, 6) is -0.0437. The zero-order valence-electron chi connectivity index (χ0n) is 13.4. The van der Waals surface area contributed by atoms with Crippen molar-refractivity contribution in [3.63, 3.8) is 0 Å². The van der Waals surface area contributed by atoms with E-state index >= 15 is 0 Å². The molecule has 4 rings (SSSR count). The van der Waals surface area contributed by atoms with E-state index in [0.717, 1.165) is 48.7 Å². The molecule has 4 nitrogen and oxygen atoms in total. The van der Waals surface area contributed by atoms with E-state index in [0.29, 0.717) is 0 Å². The summed E-state index contributed by atoms with van der Waals surface area (Å²) in [5.41, 5.74) is 4.63. The van der Waals surface area contributed by atoms with Crippen LogP contribution in [0.5, 0.6) is 0 Å². The Morgan fingerprint density at radius 3 is 2.91 bits per heavy atom. The van der Waals surface area contributed by atoms with Gasteiger partial charge in [-0.25, -0.2) is 4.98 Å². The summed E-state index contributed by atoms with van der Waals surface area (Å²) < 4.78 is 0. The third-order valence-electron chi connectivity index (χ3n) is 4.75. The number of rotatable bonds is 2. The highest BCUT2D eigenvalue weighted by Gasteiger charge is 2.20. The van der Waals surface area contributed by atoms with Gasteiger partial charge in [0.1, 0.15) is 0 Å². The van der Waals surface area contributed by atoms with Crippen LogP contribution >= 0.6 is 11.3 Å². The lowest BCUT2D eigenvalue weighted by Crippen LogP contribution is -2.25. The van der Waals surface area contributed by atoms with Gasteiger partial charge < -0.3 is 4.90 Å². The summed E-state index contributed by atoms with van der Waals surface area (Å²) in [6.45, 7) is 1.97. The van der Waals surface area contributed by atoms with Gasteiger partial charge >= 0.3 is 0 Å². The molecule has 1 amide bonds. The standard InChI is InChI=1S/C18H21N3OS/c1-21-9-8-15-16(11-21)23-18(19-15)20-17(22)14-7-6-12-4-2-3-5-13(12)10-14/h6-7,10H,2-5,8-9,11H2,1H3,(H,19,20,22). The van der Waals surface area contributed by atoms with Crippen molar-refractivity contribution in [1.29, 1.82) is 0 Å². The Labute approximate surface area is 140 Å². The molecule has 0 saturated carbocycles. The van der Waals surface area contributed by atoms with Crippen molar-refractivity contribution in [3.05, 3.63) is 45.5 Å². The molecule has 5 heteroatoms. The van der Waals surface area contributed by atoms with Crippen LogP contribution in [-0.2, 0) is 25.8 Å². The molecular weight excluding hydrogens is 306 g/mol. The largest absolute Gasteiger partial charge is 0.301 e. The van der Waals surface area contributed by atoms with Crippen molar-refractivity contribution in [1.82, 2.24) is 9.88 Å². The number of nitrogens with one attached hydrogen (secondary N) is 1. The summed E-state index contributed by atoms with van der Waals surface area (Å²) >= 11 is 1.61. The predicted molar refractivity (Wildman–Crippen MR) is 93.2 cm³/mol. The SMILES string of the molecule is CN1CCc2nc(NC(=O)c3ccc4c(c3)CCCC4)sc2C1. The summed E-state index contributed by atoms with van der Waals surface area (Å²) in [4.78, 5) is 20.7.